The number of rotatable bonds is 2. The highest BCUT2D eigenvalue weighted by Crippen LogP contribution is 2.36. The second-order valence-electron chi connectivity index (χ2n) is 4.15. The topological polar surface area (TPSA) is 51.4 Å². The van der Waals surface area contributed by atoms with Crippen molar-refractivity contribution in [2.24, 2.45) is 5.73 Å². The Kier molecular flexibility index (Phi) is 3.17. The molecule has 1 aliphatic heterocycles. The summed E-state index contributed by atoms with van der Waals surface area (Å²) in [6.07, 6.45) is 0.992. The first-order valence-corrected chi connectivity index (χ1v) is 6.90. The molecule has 0 saturated heterocycles. The molecule has 1 aromatic carbocycles. The number of hydrogen-bond donors (Lipinski definition) is 1. The molecule has 1 aliphatic rings. The van der Waals surface area contributed by atoms with Crippen LogP contribution in [0.3, 0.4) is 0 Å². The zero-order valence-electron chi connectivity index (χ0n) is 10.0. The molecule has 0 saturated carbocycles. The largest absolute Gasteiger partial charge is 0.491 e. The van der Waals surface area contributed by atoms with Crippen LogP contribution in [0.5, 0.6) is 5.75 Å². The van der Waals surface area contributed by atoms with E-state index in [-0.39, 0.29) is 0 Å². The van der Waals surface area contributed by atoms with Gasteiger partial charge in [0, 0.05) is 18.5 Å². The molecule has 2 aromatic rings. The van der Waals surface area contributed by atoms with E-state index in [0.29, 0.717) is 6.54 Å². The van der Waals surface area contributed by atoms with Crippen molar-refractivity contribution in [3.8, 4) is 5.75 Å². The van der Waals surface area contributed by atoms with Crippen molar-refractivity contribution in [1.29, 1.82) is 0 Å². The summed E-state index contributed by atoms with van der Waals surface area (Å²) in [5, 5.41) is 3.01. The maximum Gasteiger partial charge on any atom is 0.190 e. The van der Waals surface area contributed by atoms with Gasteiger partial charge in [0.2, 0.25) is 0 Å². The van der Waals surface area contributed by atoms with E-state index in [1.165, 1.54) is 0 Å². The van der Waals surface area contributed by atoms with Crippen LogP contribution in [0.25, 0.3) is 0 Å². The maximum absolute atomic E-state index is 5.74. The van der Waals surface area contributed by atoms with Crippen LogP contribution >= 0.6 is 11.3 Å². The first-order chi connectivity index (χ1) is 8.88. The third-order valence-electron chi connectivity index (χ3n) is 2.92. The average molecular weight is 261 g/mol. The molecule has 3 rings (SSSR count). The molecular formula is C13H15N3OS. The third-order valence-corrected chi connectivity index (χ3v) is 3.83. The van der Waals surface area contributed by atoms with Crippen molar-refractivity contribution in [1.82, 2.24) is 4.98 Å². The van der Waals surface area contributed by atoms with E-state index in [1.54, 1.807) is 11.3 Å². The molecule has 2 heterocycles. The summed E-state index contributed by atoms with van der Waals surface area (Å²) in [4.78, 5) is 6.77. The zero-order valence-corrected chi connectivity index (χ0v) is 10.8. The van der Waals surface area contributed by atoms with Gasteiger partial charge in [-0.15, -0.1) is 11.3 Å². The summed E-state index contributed by atoms with van der Waals surface area (Å²) in [6.45, 7) is 2.17. The van der Waals surface area contributed by atoms with Crippen molar-refractivity contribution in [3.05, 3.63) is 35.3 Å². The molecule has 4 nitrogen and oxygen atoms in total. The summed E-state index contributed by atoms with van der Waals surface area (Å²) in [5.74, 6) is 0.930. The van der Waals surface area contributed by atoms with E-state index in [2.05, 4.69) is 16.0 Å². The molecule has 2 N–H and O–H groups in total. The standard InChI is InChI=1S/C13H15N3OS/c14-8-10-9-18-13(15-10)16-6-3-7-17-12-5-2-1-4-11(12)16/h1-2,4-5,9H,3,6-8,14H2. The summed E-state index contributed by atoms with van der Waals surface area (Å²) in [7, 11) is 0. The van der Waals surface area contributed by atoms with Crippen molar-refractivity contribution in [2.45, 2.75) is 13.0 Å². The molecule has 0 amide bonds. The van der Waals surface area contributed by atoms with Gasteiger partial charge in [-0.3, -0.25) is 0 Å². The van der Waals surface area contributed by atoms with E-state index in [9.17, 15) is 0 Å². The van der Waals surface area contributed by atoms with Crippen molar-refractivity contribution < 1.29 is 4.74 Å². The van der Waals surface area contributed by atoms with Gasteiger partial charge in [-0.05, 0) is 18.6 Å². The quantitative estimate of drug-likeness (QED) is 0.902. The number of nitrogens with zero attached hydrogens (tertiary/aromatic N) is 2. The lowest BCUT2D eigenvalue weighted by Crippen LogP contribution is -2.17. The predicted molar refractivity (Wildman–Crippen MR) is 73.6 cm³/mol. The monoisotopic (exact) mass is 261 g/mol. The van der Waals surface area contributed by atoms with E-state index in [0.717, 1.165) is 41.8 Å². The minimum atomic E-state index is 0.489. The van der Waals surface area contributed by atoms with Gasteiger partial charge in [-0.25, -0.2) is 4.98 Å². The summed E-state index contributed by atoms with van der Waals surface area (Å²) in [5.41, 5.74) is 7.65. The van der Waals surface area contributed by atoms with Crippen LogP contribution in [-0.4, -0.2) is 18.1 Å². The number of anilines is 2. The first-order valence-electron chi connectivity index (χ1n) is 6.02. The summed E-state index contributed by atoms with van der Waals surface area (Å²) >= 11 is 1.63. The molecule has 0 bridgehead atoms. The fourth-order valence-corrected chi connectivity index (χ4v) is 2.92. The maximum atomic E-state index is 5.74. The number of hydrogen-bond acceptors (Lipinski definition) is 5. The number of nitrogens with two attached hydrogens (primary N) is 1. The van der Waals surface area contributed by atoms with Gasteiger partial charge in [0.05, 0.1) is 18.0 Å². The Morgan fingerprint density at radius 1 is 1.39 bits per heavy atom. The van der Waals surface area contributed by atoms with E-state index in [4.69, 9.17) is 10.5 Å². The minimum Gasteiger partial charge on any atom is -0.491 e. The van der Waals surface area contributed by atoms with Crippen molar-refractivity contribution >= 4 is 22.2 Å². The molecule has 0 aliphatic carbocycles. The second-order valence-corrected chi connectivity index (χ2v) is 4.98. The first kappa shape index (κ1) is 11.5. The third kappa shape index (κ3) is 2.07. The highest BCUT2D eigenvalue weighted by Gasteiger charge is 2.19. The Morgan fingerprint density at radius 2 is 2.28 bits per heavy atom. The Balaban J connectivity index is 2.00. The molecule has 0 spiro atoms. The van der Waals surface area contributed by atoms with Crippen LogP contribution in [0.15, 0.2) is 29.6 Å². The summed E-state index contributed by atoms with van der Waals surface area (Å²) in [6, 6.07) is 8.10. The molecule has 5 heteroatoms. The van der Waals surface area contributed by atoms with Gasteiger partial charge in [-0.2, -0.15) is 0 Å². The zero-order chi connectivity index (χ0) is 12.4. The fraction of sp³-hybridized carbons (Fsp3) is 0.308. The van der Waals surface area contributed by atoms with E-state index < -0.39 is 0 Å². The smallest absolute Gasteiger partial charge is 0.190 e. The van der Waals surface area contributed by atoms with Gasteiger partial charge < -0.3 is 15.4 Å². The van der Waals surface area contributed by atoms with Crippen molar-refractivity contribution in [2.75, 3.05) is 18.1 Å². The number of para-hydroxylation sites is 2. The number of benzene rings is 1. The Bertz CT molecular complexity index is 541. The highest BCUT2D eigenvalue weighted by molar-refractivity contribution is 7.13. The Labute approximate surface area is 110 Å². The fourth-order valence-electron chi connectivity index (χ4n) is 2.04. The lowest BCUT2D eigenvalue weighted by atomic mass is 10.2. The molecule has 18 heavy (non-hydrogen) atoms. The SMILES string of the molecule is NCc1csc(N2CCCOc3ccccc32)n1. The van der Waals surface area contributed by atoms with E-state index in [1.807, 2.05) is 23.6 Å². The normalized spacial score (nSPS) is 14.8. The second kappa shape index (κ2) is 4.96. The van der Waals surface area contributed by atoms with Crippen LogP contribution in [0.2, 0.25) is 0 Å². The molecule has 1 aromatic heterocycles. The van der Waals surface area contributed by atoms with Gasteiger partial charge >= 0.3 is 0 Å². The summed E-state index contributed by atoms with van der Waals surface area (Å²) < 4.78 is 5.74. The van der Waals surface area contributed by atoms with Gasteiger partial charge in [0.1, 0.15) is 5.75 Å². The number of aromatic nitrogens is 1. The van der Waals surface area contributed by atoms with Crippen LogP contribution < -0.4 is 15.4 Å². The Morgan fingerprint density at radius 3 is 3.11 bits per heavy atom. The molecule has 94 valence electrons. The predicted octanol–water partition coefficient (Wildman–Crippen LogP) is 2.52. The lowest BCUT2D eigenvalue weighted by molar-refractivity contribution is 0.322. The average Bonchev–Trinajstić information content (AvgIpc) is 2.78. The molecular weight excluding hydrogens is 246 g/mol. The van der Waals surface area contributed by atoms with Crippen molar-refractivity contribution in [3.63, 3.8) is 0 Å². The van der Waals surface area contributed by atoms with Crippen LogP contribution in [0.1, 0.15) is 12.1 Å². The Hall–Kier alpha value is -1.59. The number of ether oxygens (including phenoxy) is 1. The molecule has 0 atom stereocenters. The van der Waals surface area contributed by atoms with Gasteiger partial charge in [0.25, 0.3) is 0 Å². The van der Waals surface area contributed by atoms with Crippen LogP contribution in [0, 0.1) is 0 Å². The molecule has 0 fully saturated rings. The lowest BCUT2D eigenvalue weighted by Gasteiger charge is -2.20. The minimum absolute atomic E-state index is 0.489. The van der Waals surface area contributed by atoms with Gasteiger partial charge in [0.15, 0.2) is 5.13 Å². The number of thiazole rings is 1. The van der Waals surface area contributed by atoms with Crippen LogP contribution in [0.4, 0.5) is 10.8 Å². The van der Waals surface area contributed by atoms with Gasteiger partial charge in [-0.1, -0.05) is 12.1 Å². The number of fused-ring (bicyclic) bond motifs is 1. The molecule has 0 radical (unpaired) electrons. The highest BCUT2D eigenvalue weighted by atomic mass is 32.1. The van der Waals surface area contributed by atoms with E-state index >= 15 is 0 Å². The molecule has 0 unspecified atom stereocenters. The van der Waals surface area contributed by atoms with Crippen LogP contribution in [-0.2, 0) is 6.54 Å².